The zero-order valence-corrected chi connectivity index (χ0v) is 6.85. The van der Waals surface area contributed by atoms with Crippen LogP contribution in [-0.4, -0.2) is 17.5 Å². The SMILES string of the molecule is CCOC(=O)c1coc([N+](=O)[O-])c1. The molecule has 0 bridgehead atoms. The number of rotatable bonds is 3. The molecular weight excluding hydrogens is 178 g/mol. The maximum atomic E-state index is 11.0. The molecule has 0 atom stereocenters. The molecule has 0 radical (unpaired) electrons. The molecule has 0 aliphatic heterocycles. The van der Waals surface area contributed by atoms with Crippen LogP contribution in [0.1, 0.15) is 17.3 Å². The lowest BCUT2D eigenvalue weighted by atomic mass is 10.3. The van der Waals surface area contributed by atoms with Crippen molar-refractivity contribution in [3.05, 3.63) is 28.0 Å². The van der Waals surface area contributed by atoms with Gasteiger partial charge in [-0.1, -0.05) is 0 Å². The highest BCUT2D eigenvalue weighted by Gasteiger charge is 2.17. The highest BCUT2D eigenvalue weighted by Crippen LogP contribution is 2.15. The number of carbonyl (C=O) groups is 1. The van der Waals surface area contributed by atoms with Crippen LogP contribution in [0, 0.1) is 10.1 Å². The Morgan fingerprint density at radius 1 is 1.77 bits per heavy atom. The maximum absolute atomic E-state index is 11.0. The molecule has 6 heteroatoms. The lowest BCUT2D eigenvalue weighted by Gasteiger charge is -1.94. The monoisotopic (exact) mass is 185 g/mol. The lowest BCUT2D eigenvalue weighted by molar-refractivity contribution is -0.402. The topological polar surface area (TPSA) is 82.6 Å². The predicted molar refractivity (Wildman–Crippen MR) is 41.3 cm³/mol. The van der Waals surface area contributed by atoms with Crippen molar-refractivity contribution in [3.8, 4) is 0 Å². The first-order valence-corrected chi connectivity index (χ1v) is 3.55. The van der Waals surface area contributed by atoms with Crippen molar-refractivity contribution < 1.29 is 18.9 Å². The average Bonchev–Trinajstić information content (AvgIpc) is 2.52. The second-order valence-corrected chi connectivity index (χ2v) is 2.15. The summed E-state index contributed by atoms with van der Waals surface area (Å²) in [5, 5.41) is 10.2. The average molecular weight is 185 g/mol. The molecule has 0 aromatic carbocycles. The van der Waals surface area contributed by atoms with Crippen LogP contribution in [0.25, 0.3) is 0 Å². The summed E-state index contributed by atoms with van der Waals surface area (Å²) in [4.78, 5) is 20.4. The number of carbonyl (C=O) groups excluding carboxylic acids is 1. The Kier molecular flexibility index (Phi) is 2.63. The number of nitro groups is 1. The Morgan fingerprint density at radius 2 is 2.46 bits per heavy atom. The molecule has 0 N–H and O–H groups in total. The van der Waals surface area contributed by atoms with Crippen molar-refractivity contribution in [1.29, 1.82) is 0 Å². The molecule has 0 saturated heterocycles. The van der Waals surface area contributed by atoms with E-state index < -0.39 is 16.8 Å². The molecule has 0 aliphatic rings. The van der Waals surface area contributed by atoms with Gasteiger partial charge in [-0.2, -0.15) is 0 Å². The van der Waals surface area contributed by atoms with Gasteiger partial charge < -0.3 is 9.15 Å². The minimum Gasteiger partial charge on any atom is -0.462 e. The molecule has 1 rings (SSSR count). The first-order valence-electron chi connectivity index (χ1n) is 3.55. The third kappa shape index (κ3) is 2.05. The summed E-state index contributed by atoms with van der Waals surface area (Å²) in [5.41, 5.74) is 0.0496. The normalized spacial score (nSPS) is 9.62. The van der Waals surface area contributed by atoms with E-state index in [0.29, 0.717) is 0 Å². The van der Waals surface area contributed by atoms with Gasteiger partial charge in [-0.15, -0.1) is 0 Å². The van der Waals surface area contributed by atoms with Gasteiger partial charge in [0.1, 0.15) is 16.7 Å². The van der Waals surface area contributed by atoms with Crippen molar-refractivity contribution in [1.82, 2.24) is 0 Å². The third-order valence-corrected chi connectivity index (χ3v) is 1.28. The smallest absolute Gasteiger partial charge is 0.433 e. The number of hydrogen-bond acceptors (Lipinski definition) is 5. The van der Waals surface area contributed by atoms with E-state index >= 15 is 0 Å². The molecule has 0 aliphatic carbocycles. The minimum atomic E-state index is -0.720. The third-order valence-electron chi connectivity index (χ3n) is 1.28. The summed E-state index contributed by atoms with van der Waals surface area (Å²) >= 11 is 0. The Hall–Kier alpha value is -1.85. The Morgan fingerprint density at radius 3 is 2.92 bits per heavy atom. The van der Waals surface area contributed by atoms with E-state index in [-0.39, 0.29) is 12.2 Å². The van der Waals surface area contributed by atoms with Crippen molar-refractivity contribution in [2.24, 2.45) is 0 Å². The van der Waals surface area contributed by atoms with Gasteiger partial charge >= 0.3 is 11.9 Å². The van der Waals surface area contributed by atoms with Crippen LogP contribution in [0.4, 0.5) is 5.88 Å². The van der Waals surface area contributed by atoms with E-state index in [4.69, 9.17) is 0 Å². The number of hydrogen-bond donors (Lipinski definition) is 0. The van der Waals surface area contributed by atoms with E-state index in [0.717, 1.165) is 12.3 Å². The molecule has 0 unspecified atom stereocenters. The van der Waals surface area contributed by atoms with Gasteiger partial charge in [0, 0.05) is 0 Å². The van der Waals surface area contributed by atoms with E-state index in [9.17, 15) is 14.9 Å². The van der Waals surface area contributed by atoms with E-state index in [2.05, 4.69) is 9.15 Å². The molecule has 1 aromatic heterocycles. The quantitative estimate of drug-likeness (QED) is 0.403. The van der Waals surface area contributed by atoms with Crippen LogP contribution >= 0.6 is 0 Å². The molecule has 0 saturated carbocycles. The highest BCUT2D eigenvalue weighted by molar-refractivity contribution is 5.89. The number of esters is 1. The zero-order chi connectivity index (χ0) is 9.84. The summed E-state index contributed by atoms with van der Waals surface area (Å²) in [6, 6.07) is 1.03. The highest BCUT2D eigenvalue weighted by atomic mass is 16.6. The molecule has 1 aromatic rings. The van der Waals surface area contributed by atoms with Gasteiger partial charge in [0.2, 0.25) is 0 Å². The van der Waals surface area contributed by atoms with E-state index in [1.165, 1.54) is 0 Å². The van der Waals surface area contributed by atoms with Crippen LogP contribution in [0.2, 0.25) is 0 Å². The zero-order valence-electron chi connectivity index (χ0n) is 6.85. The molecular formula is C7H7NO5. The molecule has 70 valence electrons. The van der Waals surface area contributed by atoms with Gasteiger partial charge in [-0.05, 0) is 6.92 Å². The Balaban J connectivity index is 2.79. The van der Waals surface area contributed by atoms with Gasteiger partial charge in [-0.25, -0.2) is 4.79 Å². The van der Waals surface area contributed by atoms with E-state index in [1.54, 1.807) is 6.92 Å². The largest absolute Gasteiger partial charge is 0.462 e. The fraction of sp³-hybridized carbons (Fsp3) is 0.286. The van der Waals surface area contributed by atoms with Crippen molar-refractivity contribution >= 4 is 11.9 Å². The van der Waals surface area contributed by atoms with Crippen LogP contribution in [0.15, 0.2) is 16.7 Å². The summed E-state index contributed by atoms with van der Waals surface area (Å²) in [6.45, 7) is 1.87. The van der Waals surface area contributed by atoms with Crippen LogP contribution < -0.4 is 0 Å². The first kappa shape index (κ1) is 9.24. The van der Waals surface area contributed by atoms with Gasteiger partial charge in [0.05, 0.1) is 12.7 Å². The minimum absolute atomic E-state index is 0.0496. The molecule has 0 fully saturated rings. The first-order chi connectivity index (χ1) is 6.15. The van der Waals surface area contributed by atoms with Gasteiger partial charge in [0.15, 0.2) is 0 Å². The maximum Gasteiger partial charge on any atom is 0.433 e. The van der Waals surface area contributed by atoms with Crippen LogP contribution in [-0.2, 0) is 4.74 Å². The number of ether oxygens (including phenoxy) is 1. The molecule has 13 heavy (non-hydrogen) atoms. The second kappa shape index (κ2) is 3.70. The summed E-state index contributed by atoms with van der Waals surface area (Å²) in [7, 11) is 0. The predicted octanol–water partition coefficient (Wildman–Crippen LogP) is 1.36. The van der Waals surface area contributed by atoms with Crippen LogP contribution in [0.3, 0.4) is 0 Å². The molecule has 0 spiro atoms. The van der Waals surface area contributed by atoms with Crippen molar-refractivity contribution in [2.45, 2.75) is 6.92 Å². The Labute approximate surface area is 73.2 Å². The molecule has 6 nitrogen and oxygen atoms in total. The fourth-order valence-corrected chi connectivity index (χ4v) is 0.742. The molecule has 0 amide bonds. The van der Waals surface area contributed by atoms with Crippen molar-refractivity contribution in [3.63, 3.8) is 0 Å². The number of nitrogens with zero attached hydrogens (tertiary/aromatic N) is 1. The number of furan rings is 1. The summed E-state index contributed by atoms with van der Waals surface area (Å²) < 4.78 is 9.09. The lowest BCUT2D eigenvalue weighted by Crippen LogP contribution is -2.02. The van der Waals surface area contributed by atoms with Gasteiger partial charge in [0.25, 0.3) is 0 Å². The van der Waals surface area contributed by atoms with Crippen molar-refractivity contribution in [2.75, 3.05) is 6.61 Å². The van der Waals surface area contributed by atoms with Gasteiger partial charge in [-0.3, -0.25) is 10.1 Å². The van der Waals surface area contributed by atoms with E-state index in [1.807, 2.05) is 0 Å². The summed E-state index contributed by atoms with van der Waals surface area (Å²) in [6.07, 6.45) is 0.996. The second-order valence-electron chi connectivity index (χ2n) is 2.15. The fourth-order valence-electron chi connectivity index (χ4n) is 0.742. The molecule has 1 heterocycles. The standard InChI is InChI=1S/C7H7NO5/c1-2-12-7(9)5-3-6(8(10)11)13-4-5/h3-4H,2H2,1H3. The Bertz CT molecular complexity index is 329. The van der Waals surface area contributed by atoms with Crippen LogP contribution in [0.5, 0.6) is 0 Å². The summed E-state index contributed by atoms with van der Waals surface area (Å²) in [5.74, 6) is -1.09.